The predicted octanol–water partition coefficient (Wildman–Crippen LogP) is 13.2. The molecule has 0 radical (unpaired) electrons. The van der Waals surface area contributed by atoms with Crippen LogP contribution in [0.15, 0.2) is 164 Å². The number of fused-ring (bicyclic) bond motifs is 1. The van der Waals surface area contributed by atoms with Gasteiger partial charge in [-0.3, -0.25) is 4.68 Å². The van der Waals surface area contributed by atoms with Gasteiger partial charge in [0.05, 0.1) is 11.2 Å². The van der Waals surface area contributed by atoms with Gasteiger partial charge in [-0.1, -0.05) is 129 Å². The van der Waals surface area contributed by atoms with Crippen molar-refractivity contribution >= 4 is 16.6 Å². The van der Waals surface area contributed by atoms with Crippen LogP contribution in [-0.2, 0) is 32.9 Å². The molecule has 6 aromatic carbocycles. The largest absolute Gasteiger partial charge is 0.673 e. The minimum absolute atomic E-state index is 0. The Morgan fingerprint density at radius 3 is 1.27 bits per heavy atom. The van der Waals surface area contributed by atoms with Gasteiger partial charge in [0.2, 0.25) is 0 Å². The van der Waals surface area contributed by atoms with Crippen molar-refractivity contribution in [2.45, 2.75) is 45.6 Å². The average molecular weight is 848 g/mol. The maximum absolute atomic E-state index is 5.43. The van der Waals surface area contributed by atoms with E-state index < -0.39 is 0 Å². The number of benzene rings is 6. The number of para-hydroxylation sites is 2. The van der Waals surface area contributed by atoms with E-state index in [0.29, 0.717) is 11.8 Å². The van der Waals surface area contributed by atoms with E-state index in [9.17, 15) is 0 Å². The molecule has 3 nitrogen and oxygen atoms in total. The van der Waals surface area contributed by atoms with Crippen molar-refractivity contribution in [1.82, 2.24) is 9.78 Å². The Bertz CT molecular complexity index is 1890. The summed E-state index contributed by atoms with van der Waals surface area (Å²) < 4.78 is 1.97. The summed E-state index contributed by atoms with van der Waals surface area (Å²) in [6.07, 6.45) is 0. The second kappa shape index (κ2) is 21.4. The number of rotatable bonds is 6. The molecule has 1 heterocycles. The van der Waals surface area contributed by atoms with Crippen LogP contribution in [0.1, 0.15) is 84.6 Å². The van der Waals surface area contributed by atoms with Crippen LogP contribution in [0.2, 0.25) is 0 Å². The van der Waals surface area contributed by atoms with E-state index in [1.165, 1.54) is 11.1 Å². The van der Waals surface area contributed by atoms with E-state index in [1.807, 2.05) is 103 Å². The van der Waals surface area contributed by atoms with Crippen LogP contribution < -0.4 is 0 Å². The average Bonchev–Trinajstić information content (AvgIpc) is 3.48. The minimum atomic E-state index is -0.158. The molecule has 0 aliphatic carbocycles. The third kappa shape index (κ3) is 12.4. The Balaban J connectivity index is 0.000000265. The first-order valence-electron chi connectivity index (χ1n) is 17.6. The molecule has 1 aromatic heterocycles. The minimum Gasteiger partial charge on any atom is -0.673 e. The molecular formula is C48H51HfN3-4. The molecule has 0 saturated heterocycles. The van der Waals surface area contributed by atoms with Gasteiger partial charge in [0.1, 0.15) is 0 Å². The fourth-order valence-corrected chi connectivity index (χ4v) is 5.60. The van der Waals surface area contributed by atoms with Crippen LogP contribution in [-0.4, -0.2) is 9.78 Å². The zero-order valence-electron chi connectivity index (χ0n) is 31.3. The van der Waals surface area contributed by atoms with Gasteiger partial charge in [0, 0.05) is 38.3 Å². The monoisotopic (exact) mass is 849 g/mol. The van der Waals surface area contributed by atoms with E-state index in [1.54, 1.807) is 0 Å². The molecule has 0 aliphatic heterocycles. The van der Waals surface area contributed by atoms with Crippen molar-refractivity contribution in [3.05, 3.63) is 229 Å². The number of hydrogen-bond acceptors (Lipinski definition) is 1. The number of aromatic nitrogens is 2. The zero-order valence-corrected chi connectivity index (χ0v) is 34.9. The van der Waals surface area contributed by atoms with Gasteiger partial charge in [-0.25, -0.2) is 0 Å². The Kier molecular flexibility index (Phi) is 17.1. The van der Waals surface area contributed by atoms with Gasteiger partial charge < -0.3 is 5.32 Å². The first kappa shape index (κ1) is 41.5. The molecule has 0 aliphatic rings. The summed E-state index contributed by atoms with van der Waals surface area (Å²) in [7, 11) is 2.01. The van der Waals surface area contributed by atoms with Crippen LogP contribution >= 0.6 is 0 Å². The zero-order chi connectivity index (χ0) is 36.6. The van der Waals surface area contributed by atoms with Crippen molar-refractivity contribution in [2.24, 2.45) is 7.05 Å². The summed E-state index contributed by atoms with van der Waals surface area (Å²) in [5.74, 6) is 0.804. The molecule has 1 unspecified atom stereocenters. The molecule has 52 heavy (non-hydrogen) atoms. The molecule has 1 atom stereocenters. The molecule has 7 aromatic rings. The first-order chi connectivity index (χ1) is 24.7. The van der Waals surface area contributed by atoms with Gasteiger partial charge in [-0.2, -0.15) is 79.0 Å². The summed E-state index contributed by atoms with van der Waals surface area (Å²) in [5.41, 5.74) is 10.2. The van der Waals surface area contributed by atoms with Crippen LogP contribution in [0, 0.1) is 20.8 Å². The normalized spacial score (nSPS) is 10.8. The molecule has 4 heteroatoms. The summed E-state index contributed by atoms with van der Waals surface area (Å²) in [5, 5.41) is 11.5. The maximum Gasteiger partial charge on any atom is 0.0681 e. The Morgan fingerprint density at radius 2 is 0.885 bits per heavy atom. The third-order valence-electron chi connectivity index (χ3n) is 8.29. The van der Waals surface area contributed by atoms with E-state index in [0.717, 1.165) is 44.5 Å². The van der Waals surface area contributed by atoms with Crippen molar-refractivity contribution in [3.63, 3.8) is 0 Å². The van der Waals surface area contributed by atoms with Crippen molar-refractivity contribution in [3.8, 4) is 0 Å². The SMILES string of the molecule is CC(C)c1cccc(C(C)C)c1[N-]C(c1ccccc1)c1nn(C)c2ccccc12.[CH2-]c1ccccc1.[CH2-]c1ccccc1.[CH2-]c1ccccc1.[Hf]. The van der Waals surface area contributed by atoms with Crippen LogP contribution in [0.5, 0.6) is 0 Å². The molecule has 0 saturated carbocycles. The van der Waals surface area contributed by atoms with Crippen LogP contribution in [0.4, 0.5) is 5.69 Å². The number of hydrogen-bond donors (Lipinski definition) is 0. The number of aryl methyl sites for hydroxylation is 1. The Morgan fingerprint density at radius 1 is 0.500 bits per heavy atom. The fourth-order valence-electron chi connectivity index (χ4n) is 5.60. The Hall–Kier alpha value is -4.93. The second-order valence-electron chi connectivity index (χ2n) is 13.0. The second-order valence-corrected chi connectivity index (χ2v) is 13.0. The topological polar surface area (TPSA) is 31.9 Å². The fraction of sp³-hybridized carbons (Fsp3) is 0.167. The van der Waals surface area contributed by atoms with Crippen molar-refractivity contribution in [2.75, 3.05) is 0 Å². The number of nitrogens with zero attached hydrogens (tertiary/aromatic N) is 3. The van der Waals surface area contributed by atoms with Crippen LogP contribution in [0.3, 0.4) is 0 Å². The standard InChI is InChI=1S/C27H30N3.3C7H7.Hf/c1-18(2)21-15-11-16-22(19(3)4)26(21)28-25(20-12-7-6-8-13-20)27-23-14-9-10-17-24(23)30(5)29-27;3*1-7-5-3-2-4-6-7;/h6-19,25H,1-5H3;3*2-6H,1H2;/q4*-1;. The van der Waals surface area contributed by atoms with Crippen molar-refractivity contribution in [1.29, 1.82) is 0 Å². The molecule has 7 rings (SSSR count). The molecule has 0 N–H and O–H groups in total. The van der Waals surface area contributed by atoms with E-state index in [-0.39, 0.29) is 31.9 Å². The van der Waals surface area contributed by atoms with Gasteiger partial charge in [-0.05, 0) is 23.9 Å². The molecule has 0 fully saturated rings. The predicted molar refractivity (Wildman–Crippen MR) is 219 cm³/mol. The van der Waals surface area contributed by atoms with Gasteiger partial charge >= 0.3 is 0 Å². The van der Waals surface area contributed by atoms with Crippen molar-refractivity contribution < 1.29 is 25.8 Å². The van der Waals surface area contributed by atoms with E-state index in [4.69, 9.17) is 10.4 Å². The van der Waals surface area contributed by atoms with E-state index in [2.05, 4.69) is 121 Å². The van der Waals surface area contributed by atoms with E-state index >= 15 is 0 Å². The smallest absolute Gasteiger partial charge is 0.0681 e. The van der Waals surface area contributed by atoms with Gasteiger partial charge in [0.15, 0.2) is 0 Å². The molecule has 0 bridgehead atoms. The summed E-state index contributed by atoms with van der Waals surface area (Å²) in [6, 6.07) is 55.0. The van der Waals surface area contributed by atoms with Gasteiger partial charge in [-0.15, -0.1) is 42.1 Å². The summed E-state index contributed by atoms with van der Waals surface area (Å²) in [4.78, 5) is 0. The quantitative estimate of drug-likeness (QED) is 0.121. The van der Waals surface area contributed by atoms with Gasteiger partial charge in [0.25, 0.3) is 0 Å². The molecule has 0 spiro atoms. The molecule has 266 valence electrons. The first-order valence-corrected chi connectivity index (χ1v) is 17.6. The molecule has 0 amide bonds. The third-order valence-corrected chi connectivity index (χ3v) is 8.29. The van der Waals surface area contributed by atoms with Crippen LogP contribution in [0.25, 0.3) is 16.2 Å². The Labute approximate surface area is 331 Å². The summed E-state index contributed by atoms with van der Waals surface area (Å²) in [6.45, 7) is 20.1. The molecular weight excluding hydrogens is 797 g/mol. The summed E-state index contributed by atoms with van der Waals surface area (Å²) >= 11 is 0. The maximum atomic E-state index is 5.43.